The molecule has 0 saturated carbocycles. The Bertz CT molecular complexity index is 156. The van der Waals surface area contributed by atoms with Crippen molar-refractivity contribution in [2.45, 2.75) is 77.1 Å². The van der Waals surface area contributed by atoms with Gasteiger partial charge in [-0.3, -0.25) is 0 Å². The van der Waals surface area contributed by atoms with Crippen molar-refractivity contribution in [1.82, 2.24) is 0 Å². The molecular formula is C12H26OSi. The normalized spacial score (nSPS) is 26.4. The van der Waals surface area contributed by atoms with Gasteiger partial charge in [-0.1, -0.05) is 39.0 Å². The molecule has 0 aliphatic carbocycles. The molecule has 1 nitrogen and oxygen atoms in total. The minimum Gasteiger partial charge on any atom is -0.414 e. The molecule has 1 aliphatic heterocycles. The molecule has 14 heavy (non-hydrogen) atoms. The van der Waals surface area contributed by atoms with Gasteiger partial charge in [0.15, 0.2) is 8.32 Å². The van der Waals surface area contributed by atoms with E-state index in [0.29, 0.717) is 6.10 Å². The predicted molar refractivity (Wildman–Crippen MR) is 65.2 cm³/mol. The van der Waals surface area contributed by atoms with Crippen LogP contribution in [-0.4, -0.2) is 14.4 Å². The maximum Gasteiger partial charge on any atom is 0.187 e. The van der Waals surface area contributed by atoms with Crippen molar-refractivity contribution in [2.24, 2.45) is 0 Å². The molecule has 84 valence electrons. The standard InChI is InChI=1S/C12H26OSi/c1-4-5-6-7-9-12-10-8-11-14(2,3)13-12/h12H,4-11H2,1-3H3. The van der Waals surface area contributed by atoms with Gasteiger partial charge < -0.3 is 4.43 Å². The van der Waals surface area contributed by atoms with E-state index in [1.165, 1.54) is 51.0 Å². The van der Waals surface area contributed by atoms with Crippen LogP contribution in [0.4, 0.5) is 0 Å². The second kappa shape index (κ2) is 5.91. The lowest BCUT2D eigenvalue weighted by Gasteiger charge is -2.34. The lowest BCUT2D eigenvalue weighted by Crippen LogP contribution is -2.39. The molecule has 1 rings (SSSR count). The van der Waals surface area contributed by atoms with Crippen molar-refractivity contribution in [2.75, 3.05) is 0 Å². The minimum atomic E-state index is -1.22. The molecule has 2 heteroatoms. The molecule has 0 radical (unpaired) electrons. The number of hydrogen-bond acceptors (Lipinski definition) is 1. The van der Waals surface area contributed by atoms with E-state index < -0.39 is 8.32 Å². The van der Waals surface area contributed by atoms with Crippen LogP contribution in [0.2, 0.25) is 19.1 Å². The Morgan fingerprint density at radius 2 is 2.00 bits per heavy atom. The smallest absolute Gasteiger partial charge is 0.187 e. The Morgan fingerprint density at radius 1 is 1.21 bits per heavy atom. The van der Waals surface area contributed by atoms with Crippen molar-refractivity contribution >= 4 is 8.32 Å². The second-order valence-corrected chi connectivity index (χ2v) is 9.50. The lowest BCUT2D eigenvalue weighted by atomic mass is 10.1. The highest BCUT2D eigenvalue weighted by atomic mass is 28.4. The van der Waals surface area contributed by atoms with Gasteiger partial charge in [0, 0.05) is 6.10 Å². The van der Waals surface area contributed by atoms with Gasteiger partial charge in [-0.05, 0) is 32.0 Å². The molecule has 0 N–H and O–H groups in total. The van der Waals surface area contributed by atoms with Crippen molar-refractivity contribution in [3.05, 3.63) is 0 Å². The average molecular weight is 214 g/mol. The molecule has 1 saturated heterocycles. The Morgan fingerprint density at radius 3 is 2.64 bits per heavy atom. The lowest BCUT2D eigenvalue weighted by molar-refractivity contribution is 0.148. The summed E-state index contributed by atoms with van der Waals surface area (Å²) in [6, 6.07) is 1.37. The molecule has 0 bridgehead atoms. The van der Waals surface area contributed by atoms with Crippen LogP contribution in [0.25, 0.3) is 0 Å². The Hall–Kier alpha value is 0.177. The SMILES string of the molecule is CCCCCCC1CCC[Si](C)(C)O1. The fourth-order valence-electron chi connectivity index (χ4n) is 2.33. The zero-order valence-electron chi connectivity index (χ0n) is 10.1. The summed E-state index contributed by atoms with van der Waals surface area (Å²) in [5.74, 6) is 0. The van der Waals surface area contributed by atoms with E-state index in [9.17, 15) is 0 Å². The molecule has 0 aromatic rings. The van der Waals surface area contributed by atoms with E-state index >= 15 is 0 Å². The van der Waals surface area contributed by atoms with E-state index in [1.54, 1.807) is 0 Å². The van der Waals surface area contributed by atoms with E-state index in [0.717, 1.165) is 0 Å². The highest BCUT2D eigenvalue weighted by molar-refractivity contribution is 6.71. The summed E-state index contributed by atoms with van der Waals surface area (Å²) in [5, 5.41) is 0. The fourth-order valence-corrected chi connectivity index (χ4v) is 4.64. The second-order valence-electron chi connectivity index (χ2n) is 5.24. The summed E-state index contributed by atoms with van der Waals surface area (Å²) >= 11 is 0. The molecule has 1 unspecified atom stereocenters. The Kier molecular flexibility index (Phi) is 5.17. The van der Waals surface area contributed by atoms with Gasteiger partial charge in [-0.2, -0.15) is 0 Å². The summed E-state index contributed by atoms with van der Waals surface area (Å²) in [6.45, 7) is 7.00. The number of hydrogen-bond donors (Lipinski definition) is 0. The van der Waals surface area contributed by atoms with Crippen LogP contribution >= 0.6 is 0 Å². The highest BCUT2D eigenvalue weighted by Crippen LogP contribution is 2.28. The molecule has 1 fully saturated rings. The zero-order valence-corrected chi connectivity index (χ0v) is 11.1. The topological polar surface area (TPSA) is 9.23 Å². The first-order valence-corrected chi connectivity index (χ1v) is 9.43. The molecule has 0 amide bonds. The first kappa shape index (κ1) is 12.2. The van der Waals surface area contributed by atoms with E-state index in [2.05, 4.69) is 20.0 Å². The Labute approximate surface area is 90.4 Å². The summed E-state index contributed by atoms with van der Waals surface area (Å²) in [6.07, 6.45) is 10.2. The van der Waals surface area contributed by atoms with Crippen LogP contribution in [0.15, 0.2) is 0 Å². The average Bonchev–Trinajstić information content (AvgIpc) is 2.11. The minimum absolute atomic E-state index is 0.613. The quantitative estimate of drug-likeness (QED) is 0.488. The van der Waals surface area contributed by atoms with Gasteiger partial charge in [0.05, 0.1) is 0 Å². The van der Waals surface area contributed by atoms with Gasteiger partial charge in [-0.25, -0.2) is 0 Å². The van der Waals surface area contributed by atoms with Crippen molar-refractivity contribution in [1.29, 1.82) is 0 Å². The predicted octanol–water partition coefficient (Wildman–Crippen LogP) is 4.34. The van der Waals surface area contributed by atoms with Gasteiger partial charge in [0.25, 0.3) is 0 Å². The van der Waals surface area contributed by atoms with Crippen LogP contribution in [0.1, 0.15) is 51.9 Å². The van der Waals surface area contributed by atoms with Crippen LogP contribution in [0, 0.1) is 0 Å². The Balaban J connectivity index is 2.12. The van der Waals surface area contributed by atoms with Crippen LogP contribution in [0.5, 0.6) is 0 Å². The van der Waals surface area contributed by atoms with Crippen LogP contribution < -0.4 is 0 Å². The largest absolute Gasteiger partial charge is 0.414 e. The molecule has 1 aliphatic rings. The third-order valence-corrected chi connectivity index (χ3v) is 5.70. The molecule has 1 atom stereocenters. The van der Waals surface area contributed by atoms with E-state index in [-0.39, 0.29) is 0 Å². The van der Waals surface area contributed by atoms with E-state index in [4.69, 9.17) is 4.43 Å². The summed E-state index contributed by atoms with van der Waals surface area (Å²) in [4.78, 5) is 0. The molecule has 0 aromatic heterocycles. The first-order chi connectivity index (χ1) is 6.64. The number of rotatable bonds is 5. The van der Waals surface area contributed by atoms with Crippen LogP contribution in [0.3, 0.4) is 0 Å². The maximum absolute atomic E-state index is 6.19. The van der Waals surface area contributed by atoms with Gasteiger partial charge in [-0.15, -0.1) is 0 Å². The highest BCUT2D eigenvalue weighted by Gasteiger charge is 2.30. The van der Waals surface area contributed by atoms with Gasteiger partial charge in [0.2, 0.25) is 0 Å². The van der Waals surface area contributed by atoms with Crippen molar-refractivity contribution in [3.8, 4) is 0 Å². The molecule has 1 heterocycles. The summed E-state index contributed by atoms with van der Waals surface area (Å²) < 4.78 is 6.19. The first-order valence-electron chi connectivity index (χ1n) is 6.32. The third-order valence-electron chi connectivity index (χ3n) is 3.17. The van der Waals surface area contributed by atoms with Crippen molar-refractivity contribution in [3.63, 3.8) is 0 Å². The van der Waals surface area contributed by atoms with Gasteiger partial charge in [0.1, 0.15) is 0 Å². The fraction of sp³-hybridized carbons (Fsp3) is 1.00. The molecular weight excluding hydrogens is 188 g/mol. The van der Waals surface area contributed by atoms with Crippen molar-refractivity contribution < 1.29 is 4.43 Å². The molecule has 0 aromatic carbocycles. The summed E-state index contributed by atoms with van der Waals surface area (Å²) in [5.41, 5.74) is 0. The summed E-state index contributed by atoms with van der Waals surface area (Å²) in [7, 11) is -1.22. The number of unbranched alkanes of at least 4 members (excludes halogenated alkanes) is 3. The zero-order chi connectivity index (χ0) is 10.4. The monoisotopic (exact) mass is 214 g/mol. The van der Waals surface area contributed by atoms with Gasteiger partial charge >= 0.3 is 0 Å². The third kappa shape index (κ3) is 4.60. The maximum atomic E-state index is 6.19. The molecule has 0 spiro atoms. The van der Waals surface area contributed by atoms with Crippen LogP contribution in [-0.2, 0) is 4.43 Å². The van der Waals surface area contributed by atoms with E-state index in [1.807, 2.05) is 0 Å².